The number of hydrogen-bond donors (Lipinski definition) is 1. The maximum atomic E-state index is 12.1. The molecular weight excluding hydrogens is 254 g/mol. The molecule has 0 unspecified atom stereocenters. The van der Waals surface area contributed by atoms with Crippen molar-refractivity contribution >= 4 is 11.8 Å². The number of hydrogen-bond acceptors (Lipinski definition) is 3. The van der Waals surface area contributed by atoms with Crippen molar-refractivity contribution in [1.82, 2.24) is 15.1 Å². The Bertz CT molecular complexity index is 364. The normalized spacial score (nSPS) is 20.1. The lowest BCUT2D eigenvalue weighted by atomic mass is 10.1. The van der Waals surface area contributed by atoms with Crippen LogP contribution in [-0.2, 0) is 9.59 Å². The lowest BCUT2D eigenvalue weighted by molar-refractivity contribution is -0.140. The zero-order valence-corrected chi connectivity index (χ0v) is 12.9. The van der Waals surface area contributed by atoms with Crippen LogP contribution in [0.5, 0.6) is 0 Å². The van der Waals surface area contributed by atoms with Gasteiger partial charge in [-0.15, -0.1) is 0 Å². The number of amides is 2. The van der Waals surface area contributed by atoms with Gasteiger partial charge in [-0.05, 0) is 33.6 Å². The average Bonchev–Trinajstić information content (AvgIpc) is 3.21. The van der Waals surface area contributed by atoms with Gasteiger partial charge in [-0.1, -0.05) is 0 Å². The van der Waals surface area contributed by atoms with Crippen LogP contribution in [0.3, 0.4) is 0 Å². The Hall–Kier alpha value is -1.10. The van der Waals surface area contributed by atoms with Gasteiger partial charge < -0.3 is 15.1 Å². The van der Waals surface area contributed by atoms with E-state index < -0.39 is 0 Å². The summed E-state index contributed by atoms with van der Waals surface area (Å²) < 4.78 is 0. The second-order valence-electron chi connectivity index (χ2n) is 6.91. The Morgan fingerprint density at radius 2 is 1.60 bits per heavy atom. The van der Waals surface area contributed by atoms with Gasteiger partial charge in [-0.3, -0.25) is 9.59 Å². The molecule has 0 spiro atoms. The van der Waals surface area contributed by atoms with E-state index in [2.05, 4.69) is 26.1 Å². The first kappa shape index (κ1) is 15.3. The van der Waals surface area contributed by atoms with Crippen molar-refractivity contribution in [3.05, 3.63) is 0 Å². The molecular formula is C15H27N3O2. The van der Waals surface area contributed by atoms with E-state index in [1.54, 1.807) is 0 Å². The molecule has 0 bridgehead atoms. The number of carbonyl (C=O) groups is 2. The van der Waals surface area contributed by atoms with Crippen molar-refractivity contribution in [2.45, 2.75) is 45.6 Å². The summed E-state index contributed by atoms with van der Waals surface area (Å²) in [5.74, 6) is 0.778. The Balaban J connectivity index is 1.67. The zero-order valence-electron chi connectivity index (χ0n) is 12.9. The van der Waals surface area contributed by atoms with Crippen LogP contribution in [-0.4, -0.2) is 59.9 Å². The van der Waals surface area contributed by atoms with Gasteiger partial charge in [-0.2, -0.15) is 0 Å². The van der Waals surface area contributed by atoms with E-state index >= 15 is 0 Å². The van der Waals surface area contributed by atoms with E-state index in [0.717, 1.165) is 12.8 Å². The van der Waals surface area contributed by atoms with Crippen molar-refractivity contribution in [3.63, 3.8) is 0 Å². The number of carbonyl (C=O) groups excluding carboxylic acids is 2. The van der Waals surface area contributed by atoms with Crippen LogP contribution in [0.15, 0.2) is 0 Å². The van der Waals surface area contributed by atoms with E-state index in [-0.39, 0.29) is 17.4 Å². The van der Waals surface area contributed by atoms with Crippen molar-refractivity contribution in [2.75, 3.05) is 32.7 Å². The number of nitrogens with one attached hydrogen (secondary N) is 1. The number of nitrogens with zero attached hydrogens (tertiary/aromatic N) is 2. The molecule has 1 aliphatic carbocycles. The lowest BCUT2D eigenvalue weighted by Gasteiger charge is -2.35. The van der Waals surface area contributed by atoms with E-state index in [4.69, 9.17) is 0 Å². The quantitative estimate of drug-likeness (QED) is 0.831. The highest BCUT2D eigenvalue weighted by Gasteiger charge is 2.35. The van der Waals surface area contributed by atoms with Gasteiger partial charge in [-0.25, -0.2) is 0 Å². The summed E-state index contributed by atoms with van der Waals surface area (Å²) in [6, 6.07) is 0. The first-order valence-electron chi connectivity index (χ1n) is 7.68. The minimum atomic E-state index is 0.0513. The van der Waals surface area contributed by atoms with Gasteiger partial charge in [0.15, 0.2) is 0 Å². The third kappa shape index (κ3) is 4.47. The molecule has 0 aromatic carbocycles. The predicted octanol–water partition coefficient (Wildman–Crippen LogP) is 0.845. The third-order valence-electron chi connectivity index (χ3n) is 3.86. The fraction of sp³-hybridized carbons (Fsp3) is 0.867. The second-order valence-corrected chi connectivity index (χ2v) is 6.91. The Labute approximate surface area is 121 Å². The predicted molar refractivity (Wildman–Crippen MR) is 78.3 cm³/mol. The summed E-state index contributed by atoms with van der Waals surface area (Å²) in [5, 5.41) is 3.33. The number of piperazine rings is 1. The average molecular weight is 281 g/mol. The zero-order chi connectivity index (χ0) is 14.8. The van der Waals surface area contributed by atoms with E-state index in [1.165, 1.54) is 0 Å². The van der Waals surface area contributed by atoms with Crippen molar-refractivity contribution in [2.24, 2.45) is 5.92 Å². The standard InChI is InChI=1S/C15H27N3O2/c1-15(2,3)16-7-6-13(19)17-8-10-18(11-9-17)14(20)12-4-5-12/h12,16H,4-11H2,1-3H3. The van der Waals surface area contributed by atoms with E-state index in [0.29, 0.717) is 45.1 Å². The minimum absolute atomic E-state index is 0.0513. The van der Waals surface area contributed by atoms with Gasteiger partial charge in [0.2, 0.25) is 11.8 Å². The van der Waals surface area contributed by atoms with Crippen LogP contribution in [0, 0.1) is 5.92 Å². The molecule has 1 saturated heterocycles. The summed E-state index contributed by atoms with van der Waals surface area (Å²) in [6.07, 6.45) is 2.64. The third-order valence-corrected chi connectivity index (χ3v) is 3.86. The van der Waals surface area contributed by atoms with Crippen LogP contribution in [0.4, 0.5) is 0 Å². The Kier molecular flexibility index (Phi) is 4.68. The second kappa shape index (κ2) is 6.12. The molecule has 0 radical (unpaired) electrons. The molecule has 1 aliphatic heterocycles. The summed E-state index contributed by atoms with van der Waals surface area (Å²) in [5.41, 5.74) is 0.0513. The highest BCUT2D eigenvalue weighted by Crippen LogP contribution is 2.31. The molecule has 1 saturated carbocycles. The SMILES string of the molecule is CC(C)(C)NCCC(=O)N1CCN(C(=O)C2CC2)CC1. The highest BCUT2D eigenvalue weighted by atomic mass is 16.2. The van der Waals surface area contributed by atoms with Gasteiger partial charge in [0.1, 0.15) is 0 Å². The van der Waals surface area contributed by atoms with Crippen LogP contribution in [0.1, 0.15) is 40.0 Å². The summed E-state index contributed by atoms with van der Waals surface area (Å²) >= 11 is 0. The van der Waals surface area contributed by atoms with Crippen molar-refractivity contribution in [1.29, 1.82) is 0 Å². The lowest BCUT2D eigenvalue weighted by Crippen LogP contribution is -2.51. The molecule has 5 nitrogen and oxygen atoms in total. The van der Waals surface area contributed by atoms with Crippen LogP contribution < -0.4 is 5.32 Å². The maximum absolute atomic E-state index is 12.1. The molecule has 5 heteroatoms. The van der Waals surface area contributed by atoms with Gasteiger partial charge in [0.05, 0.1) is 0 Å². The molecule has 114 valence electrons. The summed E-state index contributed by atoms with van der Waals surface area (Å²) in [4.78, 5) is 27.8. The molecule has 20 heavy (non-hydrogen) atoms. The van der Waals surface area contributed by atoms with Crippen LogP contribution in [0.2, 0.25) is 0 Å². The van der Waals surface area contributed by atoms with Gasteiger partial charge in [0, 0.05) is 50.6 Å². The fourth-order valence-corrected chi connectivity index (χ4v) is 2.47. The van der Waals surface area contributed by atoms with Crippen LogP contribution in [0.25, 0.3) is 0 Å². The van der Waals surface area contributed by atoms with E-state index in [1.807, 2.05) is 9.80 Å². The molecule has 2 rings (SSSR count). The van der Waals surface area contributed by atoms with E-state index in [9.17, 15) is 9.59 Å². The summed E-state index contributed by atoms with van der Waals surface area (Å²) in [7, 11) is 0. The van der Waals surface area contributed by atoms with Gasteiger partial charge in [0.25, 0.3) is 0 Å². The van der Waals surface area contributed by atoms with Gasteiger partial charge >= 0.3 is 0 Å². The molecule has 1 N–H and O–H groups in total. The fourth-order valence-electron chi connectivity index (χ4n) is 2.47. The smallest absolute Gasteiger partial charge is 0.225 e. The number of rotatable bonds is 4. The monoisotopic (exact) mass is 281 g/mol. The van der Waals surface area contributed by atoms with Crippen molar-refractivity contribution < 1.29 is 9.59 Å². The van der Waals surface area contributed by atoms with Crippen molar-refractivity contribution in [3.8, 4) is 0 Å². The maximum Gasteiger partial charge on any atom is 0.225 e. The topological polar surface area (TPSA) is 52.7 Å². The molecule has 0 atom stereocenters. The first-order chi connectivity index (χ1) is 9.37. The highest BCUT2D eigenvalue weighted by molar-refractivity contribution is 5.81. The Morgan fingerprint density at radius 3 is 2.10 bits per heavy atom. The molecule has 1 heterocycles. The molecule has 2 fully saturated rings. The molecule has 0 aromatic heterocycles. The molecule has 2 aliphatic rings. The first-order valence-corrected chi connectivity index (χ1v) is 7.68. The summed E-state index contributed by atoms with van der Waals surface area (Å²) in [6.45, 7) is 9.78. The minimum Gasteiger partial charge on any atom is -0.339 e. The Morgan fingerprint density at radius 1 is 1.05 bits per heavy atom. The largest absolute Gasteiger partial charge is 0.339 e. The molecule has 0 aromatic rings. The molecule has 2 amide bonds. The van der Waals surface area contributed by atoms with Crippen LogP contribution >= 0.6 is 0 Å².